The van der Waals surface area contributed by atoms with Crippen LogP contribution in [0, 0.1) is 0 Å². The molecule has 1 heterocycles. The van der Waals surface area contributed by atoms with Crippen molar-refractivity contribution in [1.82, 2.24) is 4.90 Å². The normalized spacial score (nSPS) is 12.9. The number of halogens is 2. The summed E-state index contributed by atoms with van der Waals surface area (Å²) in [6.07, 6.45) is 0. The van der Waals surface area contributed by atoms with Crippen molar-refractivity contribution in [3.05, 3.63) is 65.2 Å². The highest BCUT2D eigenvalue weighted by Gasteiger charge is 2.36. The van der Waals surface area contributed by atoms with E-state index in [0.29, 0.717) is 0 Å². The van der Waals surface area contributed by atoms with Gasteiger partial charge < -0.3 is 9.47 Å². The Kier molecular flexibility index (Phi) is 5.44. The maximum absolute atomic E-state index is 12.2. The molecule has 3 rings (SSSR count). The highest BCUT2D eigenvalue weighted by atomic mass is 19.3. The number of hydrogen-bond donors (Lipinski definition) is 0. The van der Waals surface area contributed by atoms with Crippen LogP contribution >= 0.6 is 0 Å². The number of fused-ring (bicyclic) bond motifs is 1. The van der Waals surface area contributed by atoms with Gasteiger partial charge in [0.2, 0.25) is 0 Å². The van der Waals surface area contributed by atoms with Crippen molar-refractivity contribution in [3.8, 4) is 5.75 Å². The Bertz CT molecular complexity index is 907. The number of hydrogen-bond acceptors (Lipinski definition) is 6. The quantitative estimate of drug-likeness (QED) is 0.410. The maximum atomic E-state index is 12.2. The zero-order valence-corrected chi connectivity index (χ0v) is 14.3. The first-order chi connectivity index (χ1) is 13.4. The first kappa shape index (κ1) is 19.2. The second kappa shape index (κ2) is 7.95. The number of benzene rings is 2. The predicted octanol–water partition coefficient (Wildman–Crippen LogP) is 2.31. The number of alkyl halides is 2. The number of rotatable bonds is 7. The molecule has 0 N–H and O–H groups in total. The number of Topliss-reactive ketones (excluding diaryl/α,β-unsaturated/α-hetero) is 1. The van der Waals surface area contributed by atoms with Gasteiger partial charge in [0, 0.05) is 5.56 Å². The molecule has 28 heavy (non-hydrogen) atoms. The molecule has 0 bridgehead atoms. The lowest BCUT2D eigenvalue weighted by molar-refractivity contribution is -0.142. The molecule has 1 aliphatic heterocycles. The number of ketones is 1. The van der Waals surface area contributed by atoms with Crippen LogP contribution in [0.5, 0.6) is 5.75 Å². The lowest BCUT2D eigenvalue weighted by atomic mass is 10.1. The van der Waals surface area contributed by atoms with Crippen LogP contribution in [-0.2, 0) is 9.53 Å². The predicted molar refractivity (Wildman–Crippen MR) is 90.2 cm³/mol. The molecule has 0 spiro atoms. The van der Waals surface area contributed by atoms with Gasteiger partial charge in [-0.05, 0) is 36.4 Å². The number of esters is 1. The van der Waals surface area contributed by atoms with E-state index in [-0.39, 0.29) is 22.4 Å². The van der Waals surface area contributed by atoms with Crippen LogP contribution in [0.25, 0.3) is 0 Å². The number of amides is 2. The molecular formula is C19H13F2NO6. The smallest absolute Gasteiger partial charge is 0.387 e. The number of carbonyl (C=O) groups is 4. The molecule has 2 amide bonds. The molecule has 0 fully saturated rings. The molecule has 2 aromatic carbocycles. The van der Waals surface area contributed by atoms with Crippen LogP contribution < -0.4 is 4.74 Å². The molecule has 144 valence electrons. The molecule has 2 aromatic rings. The summed E-state index contributed by atoms with van der Waals surface area (Å²) in [7, 11) is 0. The number of imide groups is 1. The summed E-state index contributed by atoms with van der Waals surface area (Å²) in [6.45, 7) is -4.23. The van der Waals surface area contributed by atoms with E-state index in [2.05, 4.69) is 4.74 Å². The fourth-order valence-electron chi connectivity index (χ4n) is 2.61. The van der Waals surface area contributed by atoms with Crippen molar-refractivity contribution in [2.24, 2.45) is 0 Å². The maximum Gasteiger partial charge on any atom is 0.387 e. The van der Waals surface area contributed by atoms with Gasteiger partial charge >= 0.3 is 12.6 Å². The molecular weight excluding hydrogens is 376 g/mol. The van der Waals surface area contributed by atoms with E-state index >= 15 is 0 Å². The van der Waals surface area contributed by atoms with E-state index in [9.17, 15) is 28.0 Å². The van der Waals surface area contributed by atoms with Gasteiger partial charge in [0.1, 0.15) is 12.3 Å². The topological polar surface area (TPSA) is 90.0 Å². The van der Waals surface area contributed by atoms with Gasteiger partial charge in [0.05, 0.1) is 11.1 Å². The molecule has 9 heteroatoms. The van der Waals surface area contributed by atoms with Crippen molar-refractivity contribution in [2.45, 2.75) is 6.61 Å². The van der Waals surface area contributed by atoms with Gasteiger partial charge in [-0.25, -0.2) is 0 Å². The number of nitrogens with zero attached hydrogens (tertiary/aromatic N) is 1. The monoisotopic (exact) mass is 389 g/mol. The van der Waals surface area contributed by atoms with Gasteiger partial charge in [-0.3, -0.25) is 24.1 Å². The van der Waals surface area contributed by atoms with E-state index in [1.165, 1.54) is 36.4 Å². The Balaban J connectivity index is 1.54. The van der Waals surface area contributed by atoms with E-state index in [1.807, 2.05) is 0 Å². The first-order valence-corrected chi connectivity index (χ1v) is 8.05. The summed E-state index contributed by atoms with van der Waals surface area (Å²) < 4.78 is 33.2. The minimum atomic E-state index is -2.98. The zero-order chi connectivity index (χ0) is 20.3. The Labute approximate surface area is 157 Å². The highest BCUT2D eigenvalue weighted by Crippen LogP contribution is 2.22. The average Bonchev–Trinajstić information content (AvgIpc) is 2.91. The van der Waals surface area contributed by atoms with Gasteiger partial charge in [0.25, 0.3) is 11.8 Å². The fraction of sp³-hybridized carbons (Fsp3) is 0.158. The van der Waals surface area contributed by atoms with E-state index in [4.69, 9.17) is 4.74 Å². The molecule has 0 unspecified atom stereocenters. The second-order valence-corrected chi connectivity index (χ2v) is 5.73. The van der Waals surface area contributed by atoms with Crippen LogP contribution in [0.4, 0.5) is 8.78 Å². The Morgan fingerprint density at radius 2 is 1.50 bits per heavy atom. The highest BCUT2D eigenvalue weighted by molar-refractivity contribution is 6.22. The Morgan fingerprint density at radius 1 is 0.929 bits per heavy atom. The van der Waals surface area contributed by atoms with E-state index < -0.39 is 43.3 Å². The molecule has 7 nitrogen and oxygen atoms in total. The fourth-order valence-corrected chi connectivity index (χ4v) is 2.61. The zero-order valence-electron chi connectivity index (χ0n) is 14.3. The largest absolute Gasteiger partial charge is 0.456 e. The molecule has 0 aliphatic carbocycles. The third-order valence-corrected chi connectivity index (χ3v) is 3.93. The Hall–Kier alpha value is -3.62. The van der Waals surface area contributed by atoms with Crippen molar-refractivity contribution in [2.75, 3.05) is 13.2 Å². The van der Waals surface area contributed by atoms with Gasteiger partial charge in [-0.2, -0.15) is 8.78 Å². The van der Waals surface area contributed by atoms with Gasteiger partial charge in [-0.15, -0.1) is 0 Å². The molecule has 0 saturated heterocycles. The average molecular weight is 389 g/mol. The van der Waals surface area contributed by atoms with Crippen LogP contribution in [-0.4, -0.2) is 48.2 Å². The minimum Gasteiger partial charge on any atom is -0.456 e. The molecule has 0 aromatic heterocycles. The van der Waals surface area contributed by atoms with Crippen molar-refractivity contribution < 1.29 is 37.4 Å². The SMILES string of the molecule is O=C(CN1C(=O)c2ccccc2C1=O)OCC(=O)c1ccc(OC(F)F)cc1. The van der Waals surface area contributed by atoms with E-state index in [1.54, 1.807) is 12.1 Å². The third-order valence-electron chi connectivity index (χ3n) is 3.93. The first-order valence-electron chi connectivity index (χ1n) is 8.05. The number of carbonyl (C=O) groups excluding carboxylic acids is 4. The minimum absolute atomic E-state index is 0.117. The summed E-state index contributed by atoms with van der Waals surface area (Å²) in [6, 6.07) is 11.0. The van der Waals surface area contributed by atoms with Crippen LogP contribution in [0.2, 0.25) is 0 Å². The van der Waals surface area contributed by atoms with Gasteiger partial charge in [-0.1, -0.05) is 12.1 Å². The third kappa shape index (κ3) is 4.03. The lowest BCUT2D eigenvalue weighted by Crippen LogP contribution is -2.36. The van der Waals surface area contributed by atoms with Gasteiger partial charge in [0.15, 0.2) is 12.4 Å². The summed E-state index contributed by atoms with van der Waals surface area (Å²) >= 11 is 0. The van der Waals surface area contributed by atoms with Crippen molar-refractivity contribution in [1.29, 1.82) is 0 Å². The molecule has 0 saturated carbocycles. The van der Waals surface area contributed by atoms with E-state index in [0.717, 1.165) is 4.90 Å². The lowest BCUT2D eigenvalue weighted by Gasteiger charge is -2.12. The summed E-state index contributed by atoms with van der Waals surface area (Å²) in [5.74, 6) is -2.86. The number of ether oxygens (including phenoxy) is 2. The molecule has 0 radical (unpaired) electrons. The van der Waals surface area contributed by atoms with Crippen LogP contribution in [0.15, 0.2) is 48.5 Å². The van der Waals surface area contributed by atoms with Crippen molar-refractivity contribution in [3.63, 3.8) is 0 Å². The molecule has 1 aliphatic rings. The molecule has 0 atom stereocenters. The summed E-state index contributed by atoms with van der Waals surface area (Å²) in [5, 5.41) is 0. The van der Waals surface area contributed by atoms with Crippen LogP contribution in [0.3, 0.4) is 0 Å². The van der Waals surface area contributed by atoms with Crippen LogP contribution in [0.1, 0.15) is 31.1 Å². The second-order valence-electron chi connectivity index (χ2n) is 5.73. The Morgan fingerprint density at radius 3 is 2.04 bits per heavy atom. The summed E-state index contributed by atoms with van der Waals surface area (Å²) in [4.78, 5) is 49.0. The summed E-state index contributed by atoms with van der Waals surface area (Å²) in [5.41, 5.74) is 0.514. The standard InChI is InChI=1S/C19H13F2NO6/c20-19(21)28-12-7-5-11(6-8-12)15(23)10-27-16(24)9-22-17(25)13-3-1-2-4-14(13)18(22)26/h1-8,19H,9-10H2. The van der Waals surface area contributed by atoms with Crippen molar-refractivity contribution >= 4 is 23.6 Å².